The predicted molar refractivity (Wildman–Crippen MR) is 36.2 cm³/mol. The SMILES string of the molecule is O=C(O)C[C@@H]1CCO[C@@H]1C(F)(F)F. The third kappa shape index (κ3) is 2.58. The Hall–Kier alpha value is -0.780. The molecule has 76 valence electrons. The number of ether oxygens (including phenoxy) is 1. The van der Waals surface area contributed by atoms with E-state index < -0.39 is 30.6 Å². The molecule has 1 saturated heterocycles. The largest absolute Gasteiger partial charge is 0.481 e. The molecule has 0 amide bonds. The summed E-state index contributed by atoms with van der Waals surface area (Å²) < 4.78 is 40.9. The number of carboxylic acids is 1. The van der Waals surface area contributed by atoms with E-state index in [0.717, 1.165) is 0 Å². The first-order chi connectivity index (χ1) is 5.91. The van der Waals surface area contributed by atoms with Crippen molar-refractivity contribution < 1.29 is 27.8 Å². The Morgan fingerprint density at radius 3 is 2.62 bits per heavy atom. The molecule has 0 unspecified atom stereocenters. The van der Waals surface area contributed by atoms with Crippen LogP contribution in [0.5, 0.6) is 0 Å². The van der Waals surface area contributed by atoms with Crippen LogP contribution in [-0.4, -0.2) is 30.0 Å². The molecule has 0 aromatic carbocycles. The molecule has 0 radical (unpaired) electrons. The fraction of sp³-hybridized carbons (Fsp3) is 0.857. The zero-order valence-corrected chi connectivity index (χ0v) is 6.67. The van der Waals surface area contributed by atoms with Crippen LogP contribution in [-0.2, 0) is 9.53 Å². The molecule has 1 rings (SSSR count). The van der Waals surface area contributed by atoms with Gasteiger partial charge in [-0.05, 0) is 6.42 Å². The number of carboxylic acid groups (broad SMARTS) is 1. The Kier molecular flexibility index (Phi) is 2.80. The van der Waals surface area contributed by atoms with Crippen LogP contribution >= 0.6 is 0 Å². The summed E-state index contributed by atoms with van der Waals surface area (Å²) in [6.07, 6.45) is -6.67. The summed E-state index contributed by atoms with van der Waals surface area (Å²) in [6.45, 7) is -0.0118. The second kappa shape index (κ2) is 3.53. The lowest BCUT2D eigenvalue weighted by Gasteiger charge is -2.19. The van der Waals surface area contributed by atoms with Gasteiger partial charge in [0.05, 0.1) is 6.42 Å². The average molecular weight is 198 g/mol. The quantitative estimate of drug-likeness (QED) is 0.730. The predicted octanol–water partition coefficient (Wildman–Crippen LogP) is 1.43. The summed E-state index contributed by atoms with van der Waals surface area (Å²) in [5, 5.41) is 8.33. The van der Waals surface area contributed by atoms with Crippen LogP contribution in [0.15, 0.2) is 0 Å². The second-order valence-electron chi connectivity index (χ2n) is 2.98. The molecule has 1 aliphatic heterocycles. The number of aliphatic carboxylic acids is 1. The maximum Gasteiger partial charge on any atom is 0.414 e. The van der Waals surface area contributed by atoms with Crippen molar-refractivity contribution in [1.29, 1.82) is 0 Å². The van der Waals surface area contributed by atoms with E-state index in [4.69, 9.17) is 5.11 Å². The summed E-state index contributed by atoms with van der Waals surface area (Å²) in [4.78, 5) is 10.2. The maximum atomic E-state index is 12.1. The molecule has 0 bridgehead atoms. The fourth-order valence-corrected chi connectivity index (χ4v) is 1.43. The van der Waals surface area contributed by atoms with Crippen LogP contribution in [0, 0.1) is 5.92 Å². The number of rotatable bonds is 2. The van der Waals surface area contributed by atoms with Crippen molar-refractivity contribution in [2.45, 2.75) is 25.1 Å². The van der Waals surface area contributed by atoms with Crippen LogP contribution in [0.3, 0.4) is 0 Å². The zero-order chi connectivity index (χ0) is 10.1. The van der Waals surface area contributed by atoms with E-state index in [1.807, 2.05) is 0 Å². The first-order valence-corrected chi connectivity index (χ1v) is 3.81. The van der Waals surface area contributed by atoms with Gasteiger partial charge in [0, 0.05) is 12.5 Å². The number of halogens is 3. The van der Waals surface area contributed by atoms with Gasteiger partial charge in [-0.3, -0.25) is 4.79 Å². The van der Waals surface area contributed by atoms with Crippen molar-refractivity contribution in [1.82, 2.24) is 0 Å². The highest BCUT2D eigenvalue weighted by Crippen LogP contribution is 2.36. The smallest absolute Gasteiger partial charge is 0.414 e. The van der Waals surface area contributed by atoms with Crippen LogP contribution in [0.2, 0.25) is 0 Å². The number of hydrogen-bond donors (Lipinski definition) is 1. The third-order valence-corrected chi connectivity index (χ3v) is 1.97. The number of carbonyl (C=O) groups is 1. The minimum Gasteiger partial charge on any atom is -0.481 e. The Bertz CT molecular complexity index is 202. The minimum absolute atomic E-state index is 0.0118. The van der Waals surface area contributed by atoms with E-state index in [-0.39, 0.29) is 13.0 Å². The first-order valence-electron chi connectivity index (χ1n) is 3.81. The monoisotopic (exact) mass is 198 g/mol. The summed E-state index contributed by atoms with van der Waals surface area (Å²) in [7, 11) is 0. The third-order valence-electron chi connectivity index (χ3n) is 1.97. The molecular weight excluding hydrogens is 189 g/mol. The average Bonchev–Trinajstić information content (AvgIpc) is 2.31. The molecule has 2 atom stereocenters. The molecule has 1 fully saturated rings. The number of hydrogen-bond acceptors (Lipinski definition) is 2. The number of alkyl halides is 3. The zero-order valence-electron chi connectivity index (χ0n) is 6.67. The highest BCUT2D eigenvalue weighted by molar-refractivity contribution is 5.67. The maximum absolute atomic E-state index is 12.1. The molecule has 0 spiro atoms. The van der Waals surface area contributed by atoms with Gasteiger partial charge in [0.25, 0.3) is 0 Å². The minimum atomic E-state index is -4.45. The standard InChI is InChI=1S/C7H9F3O3/c8-7(9,10)6-4(1-2-13-6)3-5(11)12/h4,6H,1-3H2,(H,11,12)/t4-,6-/m0/s1. The van der Waals surface area contributed by atoms with E-state index in [2.05, 4.69) is 4.74 Å². The van der Waals surface area contributed by atoms with E-state index in [0.29, 0.717) is 0 Å². The molecule has 0 aromatic rings. The molecule has 0 saturated carbocycles. The van der Waals surface area contributed by atoms with Gasteiger partial charge in [0.1, 0.15) is 0 Å². The summed E-state index contributed by atoms with van der Waals surface area (Å²) in [6, 6.07) is 0. The Balaban J connectivity index is 2.59. The summed E-state index contributed by atoms with van der Waals surface area (Å²) in [5.74, 6) is -2.15. The van der Waals surface area contributed by atoms with Crippen LogP contribution in [0.4, 0.5) is 13.2 Å². The summed E-state index contributed by atoms with van der Waals surface area (Å²) >= 11 is 0. The highest BCUT2D eigenvalue weighted by atomic mass is 19.4. The topological polar surface area (TPSA) is 46.5 Å². The van der Waals surface area contributed by atoms with Gasteiger partial charge in [-0.2, -0.15) is 13.2 Å². The molecule has 0 aromatic heterocycles. The van der Waals surface area contributed by atoms with Gasteiger partial charge in [-0.1, -0.05) is 0 Å². The van der Waals surface area contributed by atoms with E-state index >= 15 is 0 Å². The van der Waals surface area contributed by atoms with E-state index in [1.54, 1.807) is 0 Å². The molecule has 0 aliphatic carbocycles. The highest BCUT2D eigenvalue weighted by Gasteiger charge is 2.48. The van der Waals surface area contributed by atoms with Gasteiger partial charge in [0.15, 0.2) is 6.10 Å². The van der Waals surface area contributed by atoms with Crippen molar-refractivity contribution in [3.05, 3.63) is 0 Å². The summed E-state index contributed by atoms with van der Waals surface area (Å²) in [5.41, 5.74) is 0. The molecule has 1 aliphatic rings. The molecule has 13 heavy (non-hydrogen) atoms. The van der Waals surface area contributed by atoms with E-state index in [1.165, 1.54) is 0 Å². The Morgan fingerprint density at radius 1 is 1.54 bits per heavy atom. The first kappa shape index (κ1) is 10.3. The fourth-order valence-electron chi connectivity index (χ4n) is 1.43. The van der Waals surface area contributed by atoms with Crippen molar-refractivity contribution >= 4 is 5.97 Å². The Labute approximate surface area is 72.5 Å². The van der Waals surface area contributed by atoms with Gasteiger partial charge >= 0.3 is 12.1 Å². The molecule has 1 heterocycles. The lowest BCUT2D eigenvalue weighted by Crippen LogP contribution is -2.34. The van der Waals surface area contributed by atoms with Gasteiger partial charge < -0.3 is 9.84 Å². The van der Waals surface area contributed by atoms with Crippen molar-refractivity contribution in [2.75, 3.05) is 6.61 Å². The molecule has 3 nitrogen and oxygen atoms in total. The van der Waals surface area contributed by atoms with Crippen molar-refractivity contribution in [3.8, 4) is 0 Å². The van der Waals surface area contributed by atoms with Crippen LogP contribution in [0.25, 0.3) is 0 Å². The Morgan fingerprint density at radius 2 is 2.15 bits per heavy atom. The van der Waals surface area contributed by atoms with Gasteiger partial charge in [0.2, 0.25) is 0 Å². The van der Waals surface area contributed by atoms with Crippen LogP contribution in [0.1, 0.15) is 12.8 Å². The van der Waals surface area contributed by atoms with E-state index in [9.17, 15) is 18.0 Å². The lowest BCUT2D eigenvalue weighted by atomic mass is 9.97. The second-order valence-corrected chi connectivity index (χ2v) is 2.98. The van der Waals surface area contributed by atoms with Crippen molar-refractivity contribution in [2.24, 2.45) is 5.92 Å². The lowest BCUT2D eigenvalue weighted by molar-refractivity contribution is -0.217. The normalized spacial score (nSPS) is 29.2. The van der Waals surface area contributed by atoms with Crippen molar-refractivity contribution in [3.63, 3.8) is 0 Å². The van der Waals surface area contributed by atoms with Gasteiger partial charge in [-0.15, -0.1) is 0 Å². The molecular formula is C7H9F3O3. The molecule has 6 heteroatoms. The molecule has 1 N–H and O–H groups in total. The van der Waals surface area contributed by atoms with Crippen LogP contribution < -0.4 is 0 Å². The van der Waals surface area contributed by atoms with Gasteiger partial charge in [-0.25, -0.2) is 0 Å².